The first-order valence-electron chi connectivity index (χ1n) is 5.64. The van der Waals surface area contributed by atoms with Crippen LogP contribution in [0.3, 0.4) is 0 Å². The molecule has 0 spiro atoms. The summed E-state index contributed by atoms with van der Waals surface area (Å²) >= 11 is 10.9. The average Bonchev–Trinajstić information content (AvgIpc) is 2.41. The highest BCUT2D eigenvalue weighted by atomic mass is 35.5. The molecule has 2 aromatic carbocycles. The van der Waals surface area contributed by atoms with Crippen molar-refractivity contribution in [1.82, 2.24) is 0 Å². The Morgan fingerprint density at radius 2 is 2.00 bits per heavy atom. The number of benzene rings is 2. The molecule has 0 amide bonds. The van der Waals surface area contributed by atoms with Crippen molar-refractivity contribution in [1.29, 1.82) is 0 Å². The second-order valence-corrected chi connectivity index (χ2v) is 4.86. The molecule has 0 saturated heterocycles. The van der Waals surface area contributed by atoms with E-state index in [9.17, 15) is 8.78 Å². The Labute approximate surface area is 125 Å². The van der Waals surface area contributed by atoms with Crippen LogP contribution in [0.2, 0.25) is 5.02 Å². The Morgan fingerprint density at radius 1 is 1.25 bits per heavy atom. The molecule has 2 N–H and O–H groups in total. The number of nitrogens with two attached hydrogens (primary N) is 1. The molecule has 20 heavy (non-hydrogen) atoms. The fraction of sp³-hybridized carbons (Fsp3) is 0.0714. The summed E-state index contributed by atoms with van der Waals surface area (Å²) in [6, 6.07) is 8.69. The average molecular weight is 314 g/mol. The monoisotopic (exact) mass is 313 g/mol. The largest absolute Gasteiger partial charge is 0.486 e. The van der Waals surface area contributed by atoms with E-state index in [1.807, 2.05) is 0 Å². The molecule has 104 valence electrons. The molecule has 0 radical (unpaired) electrons. The molecule has 0 saturated carbocycles. The second-order valence-electron chi connectivity index (χ2n) is 4.01. The van der Waals surface area contributed by atoms with Crippen molar-refractivity contribution >= 4 is 28.8 Å². The highest BCUT2D eigenvalue weighted by molar-refractivity contribution is 7.80. The highest BCUT2D eigenvalue weighted by Gasteiger charge is 2.10. The van der Waals surface area contributed by atoms with Crippen LogP contribution in [0.4, 0.5) is 8.78 Å². The molecule has 0 aliphatic heterocycles. The zero-order valence-corrected chi connectivity index (χ0v) is 11.8. The first-order chi connectivity index (χ1) is 9.49. The number of rotatable bonds is 4. The van der Waals surface area contributed by atoms with Gasteiger partial charge >= 0.3 is 0 Å². The number of hydrogen-bond acceptors (Lipinski definition) is 2. The third-order valence-electron chi connectivity index (χ3n) is 2.64. The van der Waals surface area contributed by atoms with Gasteiger partial charge in [0.2, 0.25) is 5.82 Å². The summed E-state index contributed by atoms with van der Waals surface area (Å²) in [5.74, 6) is -2.15. The number of ether oxygens (including phenoxy) is 1. The number of halogens is 3. The Morgan fingerprint density at radius 3 is 2.65 bits per heavy atom. The van der Waals surface area contributed by atoms with Gasteiger partial charge in [-0.2, -0.15) is 4.39 Å². The summed E-state index contributed by atoms with van der Waals surface area (Å²) in [4.78, 5) is 0.232. The molecule has 6 heteroatoms. The molecule has 0 fully saturated rings. The number of hydrogen-bond donors (Lipinski definition) is 1. The molecule has 0 atom stereocenters. The van der Waals surface area contributed by atoms with Crippen molar-refractivity contribution in [2.75, 3.05) is 0 Å². The molecule has 0 aliphatic rings. The van der Waals surface area contributed by atoms with Gasteiger partial charge in [0.25, 0.3) is 0 Å². The minimum Gasteiger partial charge on any atom is -0.486 e. The van der Waals surface area contributed by atoms with E-state index in [-0.39, 0.29) is 17.3 Å². The highest BCUT2D eigenvalue weighted by Crippen LogP contribution is 2.23. The van der Waals surface area contributed by atoms with Crippen LogP contribution in [0.5, 0.6) is 5.75 Å². The molecule has 2 nitrogen and oxygen atoms in total. The third-order valence-corrected chi connectivity index (χ3v) is 3.22. The summed E-state index contributed by atoms with van der Waals surface area (Å²) in [5.41, 5.74) is 6.74. The fourth-order valence-electron chi connectivity index (χ4n) is 1.57. The van der Waals surface area contributed by atoms with Gasteiger partial charge < -0.3 is 10.5 Å². The molecular formula is C14H10ClF2NOS. The van der Waals surface area contributed by atoms with Crippen LogP contribution >= 0.6 is 23.8 Å². The van der Waals surface area contributed by atoms with Gasteiger partial charge in [-0.3, -0.25) is 0 Å². The molecule has 0 heterocycles. The Kier molecular flexibility index (Phi) is 4.52. The zero-order chi connectivity index (χ0) is 14.7. The lowest BCUT2D eigenvalue weighted by atomic mass is 10.1. The Balaban J connectivity index is 2.15. The Hall–Kier alpha value is -1.72. The molecule has 2 aromatic rings. The van der Waals surface area contributed by atoms with E-state index in [0.29, 0.717) is 16.1 Å². The molecule has 2 rings (SSSR count). The van der Waals surface area contributed by atoms with Crippen LogP contribution in [0.1, 0.15) is 11.1 Å². The zero-order valence-electron chi connectivity index (χ0n) is 10.2. The van der Waals surface area contributed by atoms with Crippen molar-refractivity contribution < 1.29 is 13.5 Å². The smallest absolute Gasteiger partial charge is 0.200 e. The quantitative estimate of drug-likeness (QED) is 0.871. The van der Waals surface area contributed by atoms with E-state index >= 15 is 0 Å². The predicted octanol–water partition coefficient (Wildman–Crippen LogP) is 3.83. The van der Waals surface area contributed by atoms with Gasteiger partial charge in [-0.25, -0.2) is 4.39 Å². The predicted molar refractivity (Wildman–Crippen MR) is 78.0 cm³/mol. The minimum absolute atomic E-state index is 0.0107. The van der Waals surface area contributed by atoms with Gasteiger partial charge in [-0.1, -0.05) is 42.0 Å². The van der Waals surface area contributed by atoms with Crippen molar-refractivity contribution in [2.24, 2.45) is 5.73 Å². The molecule has 0 unspecified atom stereocenters. The van der Waals surface area contributed by atoms with Crippen molar-refractivity contribution in [2.45, 2.75) is 6.61 Å². The first-order valence-corrected chi connectivity index (χ1v) is 6.42. The van der Waals surface area contributed by atoms with Crippen molar-refractivity contribution in [3.8, 4) is 5.75 Å². The first kappa shape index (κ1) is 14.7. The lowest BCUT2D eigenvalue weighted by Crippen LogP contribution is -2.09. The van der Waals surface area contributed by atoms with E-state index in [4.69, 9.17) is 34.3 Å². The lowest BCUT2D eigenvalue weighted by molar-refractivity contribution is 0.284. The van der Waals surface area contributed by atoms with E-state index in [2.05, 4.69) is 0 Å². The summed E-state index contributed by atoms with van der Waals surface area (Å²) in [7, 11) is 0. The normalized spacial score (nSPS) is 10.3. The Bertz CT molecular complexity index is 664. The maximum Gasteiger partial charge on any atom is 0.200 e. The number of thiocarbonyl (C=S) groups is 1. The third kappa shape index (κ3) is 3.23. The van der Waals surface area contributed by atoms with Gasteiger partial charge in [0, 0.05) is 16.1 Å². The van der Waals surface area contributed by atoms with E-state index in [1.54, 1.807) is 18.2 Å². The topological polar surface area (TPSA) is 35.2 Å². The van der Waals surface area contributed by atoms with Gasteiger partial charge in [0.1, 0.15) is 11.6 Å². The summed E-state index contributed by atoms with van der Waals surface area (Å²) in [6.45, 7) is 0.0107. The standard InChI is InChI=1S/C14H10ClF2NOS/c15-10-6-8(14(18)20)4-5-9(10)7-19-12-3-1-2-11(16)13(12)17/h1-6H,7H2,(H2,18,20). The van der Waals surface area contributed by atoms with Gasteiger partial charge in [0.15, 0.2) is 11.6 Å². The van der Waals surface area contributed by atoms with Crippen molar-refractivity contribution in [3.05, 3.63) is 64.2 Å². The lowest BCUT2D eigenvalue weighted by Gasteiger charge is -2.10. The van der Waals surface area contributed by atoms with Crippen molar-refractivity contribution in [3.63, 3.8) is 0 Å². The molecule has 0 bridgehead atoms. The molecule has 0 aromatic heterocycles. The van der Waals surface area contributed by atoms with E-state index in [0.717, 1.165) is 6.07 Å². The van der Waals surface area contributed by atoms with Crippen LogP contribution in [0, 0.1) is 11.6 Å². The van der Waals surface area contributed by atoms with Crippen LogP contribution in [-0.4, -0.2) is 4.99 Å². The van der Waals surface area contributed by atoms with Gasteiger partial charge in [-0.15, -0.1) is 0 Å². The second kappa shape index (κ2) is 6.15. The van der Waals surface area contributed by atoms with Crippen LogP contribution in [0.15, 0.2) is 36.4 Å². The SMILES string of the molecule is NC(=S)c1ccc(COc2cccc(F)c2F)c(Cl)c1. The minimum atomic E-state index is -1.02. The summed E-state index contributed by atoms with van der Waals surface area (Å²) < 4.78 is 31.6. The molecular weight excluding hydrogens is 304 g/mol. The van der Waals surface area contributed by atoms with Crippen LogP contribution < -0.4 is 10.5 Å². The maximum absolute atomic E-state index is 13.4. The van der Waals surface area contributed by atoms with E-state index in [1.165, 1.54) is 12.1 Å². The summed E-state index contributed by atoms with van der Waals surface area (Å²) in [5, 5.41) is 0.395. The molecule has 0 aliphatic carbocycles. The van der Waals surface area contributed by atoms with Crippen LogP contribution in [0.25, 0.3) is 0 Å². The van der Waals surface area contributed by atoms with Gasteiger partial charge in [-0.05, 0) is 18.2 Å². The maximum atomic E-state index is 13.4. The van der Waals surface area contributed by atoms with Gasteiger partial charge in [0.05, 0.1) is 0 Å². The van der Waals surface area contributed by atoms with E-state index < -0.39 is 11.6 Å². The van der Waals surface area contributed by atoms with Crippen LogP contribution in [-0.2, 0) is 6.61 Å². The fourth-order valence-corrected chi connectivity index (χ4v) is 1.93. The summed E-state index contributed by atoms with van der Waals surface area (Å²) in [6.07, 6.45) is 0.